The van der Waals surface area contributed by atoms with Crippen LogP contribution in [0.3, 0.4) is 0 Å². The summed E-state index contributed by atoms with van der Waals surface area (Å²) in [5.41, 5.74) is 3.66. The molecule has 0 radical (unpaired) electrons. The molecule has 1 aliphatic rings. The number of nitrogens with zero attached hydrogens (tertiary/aromatic N) is 4. The van der Waals surface area contributed by atoms with Gasteiger partial charge in [0.2, 0.25) is 5.91 Å². The highest BCUT2D eigenvalue weighted by Crippen LogP contribution is 2.39. The lowest BCUT2D eigenvalue weighted by atomic mass is 10.0. The maximum atomic E-state index is 13.6. The van der Waals surface area contributed by atoms with Gasteiger partial charge in [0.1, 0.15) is 10.8 Å². The van der Waals surface area contributed by atoms with E-state index in [9.17, 15) is 9.59 Å². The van der Waals surface area contributed by atoms with E-state index in [1.165, 1.54) is 28.7 Å². The zero-order valence-electron chi connectivity index (χ0n) is 25.7. The van der Waals surface area contributed by atoms with Crippen LogP contribution in [0.2, 0.25) is 0 Å². The molecule has 4 aromatic rings. The summed E-state index contributed by atoms with van der Waals surface area (Å²) < 4.78 is 12.8. The number of ether oxygens (including phenoxy) is 2. The number of esters is 1. The minimum absolute atomic E-state index is 0.198. The van der Waals surface area contributed by atoms with E-state index >= 15 is 0 Å². The Balaban J connectivity index is 1.34. The number of benzene rings is 2. The molecule has 0 fully saturated rings. The van der Waals surface area contributed by atoms with Crippen molar-refractivity contribution in [1.29, 1.82) is 0 Å². The molecule has 1 N–H and O–H groups in total. The third-order valence-corrected chi connectivity index (χ3v) is 9.77. The number of thiophene rings is 1. The molecule has 5 rings (SSSR count). The Morgan fingerprint density at radius 2 is 1.86 bits per heavy atom. The van der Waals surface area contributed by atoms with E-state index in [-0.39, 0.29) is 18.5 Å². The molecule has 0 saturated heterocycles. The normalized spacial score (nSPS) is 13.7. The van der Waals surface area contributed by atoms with Crippen molar-refractivity contribution in [3.8, 4) is 17.1 Å². The third-order valence-electron chi connectivity index (χ3n) is 7.55. The number of aromatic nitrogens is 3. The minimum atomic E-state index is -0.480. The molecule has 0 saturated carbocycles. The van der Waals surface area contributed by atoms with Gasteiger partial charge in [0, 0.05) is 36.6 Å². The number of hydrogen-bond acceptors (Lipinski definition) is 9. The van der Waals surface area contributed by atoms with Gasteiger partial charge in [-0.25, -0.2) is 4.79 Å². The molecule has 0 bridgehead atoms. The topological polar surface area (TPSA) is 98.6 Å². The SMILES string of the molecule is CCCCn1c(SC(C)C(=O)Nc2sc3c(c2C(=O)OCC)CCN(Cc2ccccc2)C3)nnc1-c1ccc(OC)cc1. The molecule has 44 heavy (non-hydrogen) atoms. The largest absolute Gasteiger partial charge is 0.497 e. The summed E-state index contributed by atoms with van der Waals surface area (Å²) in [7, 11) is 1.64. The summed E-state index contributed by atoms with van der Waals surface area (Å²) >= 11 is 2.84. The smallest absolute Gasteiger partial charge is 0.341 e. The van der Waals surface area contributed by atoms with Gasteiger partial charge < -0.3 is 19.4 Å². The van der Waals surface area contributed by atoms with Crippen molar-refractivity contribution in [2.24, 2.45) is 0 Å². The van der Waals surface area contributed by atoms with Gasteiger partial charge >= 0.3 is 5.97 Å². The molecule has 1 aliphatic heterocycles. The summed E-state index contributed by atoms with van der Waals surface area (Å²) in [5, 5.41) is 12.8. The Morgan fingerprint density at radius 3 is 2.57 bits per heavy atom. The second-order valence-electron chi connectivity index (χ2n) is 10.7. The Bertz CT molecular complexity index is 1570. The van der Waals surface area contributed by atoms with E-state index < -0.39 is 5.25 Å². The van der Waals surface area contributed by atoms with E-state index in [4.69, 9.17) is 9.47 Å². The van der Waals surface area contributed by atoms with Gasteiger partial charge in [-0.15, -0.1) is 21.5 Å². The molecule has 232 valence electrons. The molecule has 0 aliphatic carbocycles. The van der Waals surface area contributed by atoms with Crippen molar-refractivity contribution in [3.63, 3.8) is 0 Å². The fraction of sp³-hybridized carbons (Fsp3) is 0.394. The molecule has 1 atom stereocenters. The summed E-state index contributed by atoms with van der Waals surface area (Å²) in [6.07, 6.45) is 2.70. The van der Waals surface area contributed by atoms with Crippen LogP contribution in [0.25, 0.3) is 11.4 Å². The van der Waals surface area contributed by atoms with E-state index in [1.807, 2.05) is 49.4 Å². The van der Waals surface area contributed by atoms with Crippen molar-refractivity contribution in [1.82, 2.24) is 19.7 Å². The molecule has 1 unspecified atom stereocenters. The molecule has 1 amide bonds. The lowest BCUT2D eigenvalue weighted by molar-refractivity contribution is -0.115. The maximum absolute atomic E-state index is 13.6. The summed E-state index contributed by atoms with van der Waals surface area (Å²) in [6.45, 7) is 9.18. The maximum Gasteiger partial charge on any atom is 0.341 e. The van der Waals surface area contributed by atoms with E-state index in [2.05, 4.69) is 44.0 Å². The highest BCUT2D eigenvalue weighted by atomic mass is 32.2. The second kappa shape index (κ2) is 14.9. The predicted molar refractivity (Wildman–Crippen MR) is 175 cm³/mol. The number of rotatable bonds is 13. The van der Waals surface area contributed by atoms with Crippen LogP contribution in [0.4, 0.5) is 5.00 Å². The lowest BCUT2D eigenvalue weighted by Gasteiger charge is -2.27. The van der Waals surface area contributed by atoms with Crippen LogP contribution in [-0.2, 0) is 35.6 Å². The first-order chi connectivity index (χ1) is 21.4. The number of carbonyl (C=O) groups excluding carboxylic acids is 2. The van der Waals surface area contributed by atoms with Crippen molar-refractivity contribution in [3.05, 3.63) is 76.2 Å². The molecule has 3 heterocycles. The van der Waals surface area contributed by atoms with Gasteiger partial charge in [-0.05, 0) is 62.1 Å². The number of hydrogen-bond donors (Lipinski definition) is 1. The van der Waals surface area contributed by atoms with Crippen molar-refractivity contribution in [2.75, 3.05) is 25.6 Å². The first kappa shape index (κ1) is 31.7. The van der Waals surface area contributed by atoms with Crippen molar-refractivity contribution in [2.45, 2.75) is 70.1 Å². The van der Waals surface area contributed by atoms with Crippen LogP contribution in [0, 0.1) is 0 Å². The number of methoxy groups -OCH3 is 1. The van der Waals surface area contributed by atoms with Gasteiger partial charge in [0.15, 0.2) is 11.0 Å². The minimum Gasteiger partial charge on any atom is -0.497 e. The Hall–Kier alpha value is -3.67. The average molecular weight is 634 g/mol. The van der Waals surface area contributed by atoms with Gasteiger partial charge in [-0.2, -0.15) is 0 Å². The zero-order chi connectivity index (χ0) is 31.1. The van der Waals surface area contributed by atoms with Crippen LogP contribution in [0.15, 0.2) is 59.8 Å². The highest BCUT2D eigenvalue weighted by Gasteiger charge is 2.31. The number of nitrogens with one attached hydrogen (secondary N) is 1. The molecular formula is C33H39N5O4S2. The third kappa shape index (κ3) is 7.34. The quantitative estimate of drug-likeness (QED) is 0.129. The van der Waals surface area contributed by atoms with Gasteiger partial charge in [0.05, 0.1) is 24.5 Å². The Morgan fingerprint density at radius 1 is 1.09 bits per heavy atom. The fourth-order valence-corrected chi connectivity index (χ4v) is 7.37. The Labute approximate surface area is 267 Å². The molecular weight excluding hydrogens is 595 g/mol. The summed E-state index contributed by atoms with van der Waals surface area (Å²) in [6, 6.07) is 18.1. The van der Waals surface area contributed by atoms with Crippen LogP contribution >= 0.6 is 23.1 Å². The highest BCUT2D eigenvalue weighted by molar-refractivity contribution is 8.00. The van der Waals surface area contributed by atoms with Crippen LogP contribution in [0.5, 0.6) is 5.75 Å². The van der Waals surface area contributed by atoms with E-state index in [1.54, 1.807) is 14.0 Å². The first-order valence-corrected chi connectivity index (χ1v) is 16.7. The van der Waals surface area contributed by atoms with Crippen LogP contribution < -0.4 is 10.1 Å². The van der Waals surface area contributed by atoms with Crippen molar-refractivity contribution < 1.29 is 19.1 Å². The molecule has 9 nitrogen and oxygen atoms in total. The van der Waals surface area contributed by atoms with Crippen molar-refractivity contribution >= 4 is 40.0 Å². The molecule has 0 spiro atoms. The standard InChI is InChI=1S/C33H39N5O4S2/c1-5-7-18-38-29(24-13-15-25(41-4)16-14-24)35-36-33(38)43-22(3)30(39)34-31-28(32(40)42-6-2)26-17-19-37(21-27(26)44-31)20-23-11-9-8-10-12-23/h8-16,22H,5-7,17-21H2,1-4H3,(H,34,39). The predicted octanol–water partition coefficient (Wildman–Crippen LogP) is 6.67. The lowest BCUT2D eigenvalue weighted by Crippen LogP contribution is -2.30. The van der Waals surface area contributed by atoms with E-state index in [0.29, 0.717) is 15.7 Å². The number of amides is 1. The van der Waals surface area contributed by atoms with E-state index in [0.717, 1.165) is 73.0 Å². The fourth-order valence-electron chi connectivity index (χ4n) is 5.21. The number of unbranched alkanes of at least 4 members (excludes halogenated alkanes) is 1. The van der Waals surface area contributed by atoms with Gasteiger partial charge in [-0.1, -0.05) is 55.4 Å². The molecule has 2 aromatic carbocycles. The zero-order valence-corrected chi connectivity index (χ0v) is 27.3. The summed E-state index contributed by atoms with van der Waals surface area (Å²) in [4.78, 5) is 30.2. The Kier molecular flexibility index (Phi) is 10.7. The summed E-state index contributed by atoms with van der Waals surface area (Å²) in [5.74, 6) is 0.943. The number of carbonyl (C=O) groups is 2. The monoisotopic (exact) mass is 633 g/mol. The van der Waals surface area contributed by atoms with Crippen LogP contribution in [-0.4, -0.2) is 57.1 Å². The number of thioether (sulfide) groups is 1. The number of anilines is 1. The van der Waals surface area contributed by atoms with Gasteiger partial charge in [-0.3, -0.25) is 9.69 Å². The second-order valence-corrected chi connectivity index (χ2v) is 13.1. The molecule has 2 aromatic heterocycles. The van der Waals surface area contributed by atoms with Gasteiger partial charge in [0.25, 0.3) is 0 Å². The first-order valence-electron chi connectivity index (χ1n) is 15.0. The average Bonchev–Trinajstić information content (AvgIpc) is 3.60. The number of fused-ring (bicyclic) bond motifs is 1. The molecule has 11 heteroatoms. The van der Waals surface area contributed by atoms with Crippen LogP contribution in [0.1, 0.15) is 60.0 Å².